The Bertz CT molecular complexity index is 1280. The zero-order valence-corrected chi connectivity index (χ0v) is 16.7. The Balaban J connectivity index is 1.70. The van der Waals surface area contributed by atoms with E-state index < -0.39 is 29.7 Å². The van der Waals surface area contributed by atoms with Crippen molar-refractivity contribution in [2.75, 3.05) is 0 Å². The van der Waals surface area contributed by atoms with Crippen molar-refractivity contribution in [1.29, 1.82) is 0 Å². The lowest BCUT2D eigenvalue weighted by molar-refractivity contribution is -0.139. The highest BCUT2D eigenvalue weighted by Crippen LogP contribution is 2.30. The van der Waals surface area contributed by atoms with Crippen LogP contribution in [-0.4, -0.2) is 23.0 Å². The number of carboxylic acids is 1. The van der Waals surface area contributed by atoms with E-state index in [1.807, 2.05) is 30.3 Å². The fourth-order valence-corrected chi connectivity index (χ4v) is 3.80. The van der Waals surface area contributed by atoms with Crippen molar-refractivity contribution in [3.63, 3.8) is 0 Å². The number of benzene rings is 4. The van der Waals surface area contributed by atoms with Crippen molar-refractivity contribution < 1.29 is 27.9 Å². The highest BCUT2D eigenvalue weighted by Gasteiger charge is 2.31. The second-order valence-corrected chi connectivity index (χ2v) is 7.46. The van der Waals surface area contributed by atoms with Gasteiger partial charge in [-0.05, 0) is 39.2 Å². The monoisotopic (exact) mass is 437 g/mol. The summed E-state index contributed by atoms with van der Waals surface area (Å²) in [5, 5.41) is 15.1. The average Bonchev–Trinajstić information content (AvgIpc) is 2.76. The number of halogens is 3. The number of rotatable bonds is 5. The number of aliphatic carboxylic acids is 1. The van der Waals surface area contributed by atoms with Gasteiger partial charge in [-0.25, -0.2) is 4.79 Å². The Labute approximate surface area is 181 Å². The molecule has 2 N–H and O–H groups in total. The maximum absolute atomic E-state index is 13.2. The Morgan fingerprint density at radius 3 is 2.00 bits per heavy atom. The van der Waals surface area contributed by atoms with Crippen LogP contribution in [0.25, 0.3) is 21.5 Å². The number of alkyl halides is 3. The molecule has 0 bridgehead atoms. The first-order chi connectivity index (χ1) is 15.2. The number of nitrogens with one attached hydrogen (secondary N) is 1. The van der Waals surface area contributed by atoms with Gasteiger partial charge in [-0.3, -0.25) is 4.79 Å². The normalized spacial score (nSPS) is 12.6. The first-order valence-electron chi connectivity index (χ1n) is 9.84. The third kappa shape index (κ3) is 4.27. The molecule has 0 unspecified atom stereocenters. The van der Waals surface area contributed by atoms with Crippen LogP contribution >= 0.6 is 0 Å². The van der Waals surface area contributed by atoms with Crippen molar-refractivity contribution in [1.82, 2.24) is 5.32 Å². The molecule has 1 atom stereocenters. The van der Waals surface area contributed by atoms with Crippen LogP contribution in [0.2, 0.25) is 0 Å². The molecule has 0 aliphatic heterocycles. The highest BCUT2D eigenvalue weighted by atomic mass is 19.4. The number of carbonyl (C=O) groups is 2. The third-order valence-electron chi connectivity index (χ3n) is 5.30. The van der Waals surface area contributed by atoms with Crippen LogP contribution in [0.1, 0.15) is 21.5 Å². The van der Waals surface area contributed by atoms with Crippen molar-refractivity contribution in [2.24, 2.45) is 0 Å². The van der Waals surface area contributed by atoms with Gasteiger partial charge in [0.15, 0.2) is 0 Å². The van der Waals surface area contributed by atoms with Crippen LogP contribution in [0, 0.1) is 0 Å². The lowest BCUT2D eigenvalue weighted by Gasteiger charge is -2.18. The summed E-state index contributed by atoms with van der Waals surface area (Å²) < 4.78 is 39.0. The van der Waals surface area contributed by atoms with Crippen LogP contribution < -0.4 is 5.32 Å². The summed E-state index contributed by atoms with van der Waals surface area (Å²) in [6.45, 7) is 0. The number of hydrogen-bond donors (Lipinski definition) is 2. The van der Waals surface area contributed by atoms with Gasteiger partial charge in [0.05, 0.1) is 11.1 Å². The van der Waals surface area contributed by atoms with Crippen molar-refractivity contribution in [3.05, 3.63) is 95.6 Å². The second kappa shape index (κ2) is 8.34. The molecule has 1 amide bonds. The summed E-state index contributed by atoms with van der Waals surface area (Å²) in [6, 6.07) is 19.5. The topological polar surface area (TPSA) is 66.4 Å². The fourth-order valence-electron chi connectivity index (χ4n) is 3.80. The van der Waals surface area contributed by atoms with E-state index >= 15 is 0 Å². The largest absolute Gasteiger partial charge is 0.480 e. The predicted molar refractivity (Wildman–Crippen MR) is 115 cm³/mol. The molecule has 0 fully saturated rings. The number of amides is 1. The molecule has 0 aliphatic rings. The summed E-state index contributed by atoms with van der Waals surface area (Å²) in [5.74, 6) is -1.93. The smallest absolute Gasteiger partial charge is 0.416 e. The second-order valence-electron chi connectivity index (χ2n) is 7.46. The maximum Gasteiger partial charge on any atom is 0.416 e. The van der Waals surface area contributed by atoms with Gasteiger partial charge >= 0.3 is 12.1 Å². The maximum atomic E-state index is 13.2. The van der Waals surface area contributed by atoms with E-state index in [-0.39, 0.29) is 12.0 Å². The van der Waals surface area contributed by atoms with Crippen LogP contribution in [0.4, 0.5) is 13.2 Å². The van der Waals surface area contributed by atoms with Crippen LogP contribution in [0.3, 0.4) is 0 Å². The van der Waals surface area contributed by atoms with Gasteiger partial charge in [-0.15, -0.1) is 0 Å². The zero-order chi connectivity index (χ0) is 22.9. The third-order valence-corrected chi connectivity index (χ3v) is 5.30. The zero-order valence-electron chi connectivity index (χ0n) is 16.7. The van der Waals surface area contributed by atoms with Crippen LogP contribution in [0.5, 0.6) is 0 Å². The van der Waals surface area contributed by atoms with Gasteiger partial charge in [0.2, 0.25) is 0 Å². The van der Waals surface area contributed by atoms with Gasteiger partial charge in [-0.2, -0.15) is 13.2 Å². The first-order valence-corrected chi connectivity index (χ1v) is 9.84. The Kier molecular flexibility index (Phi) is 5.57. The van der Waals surface area contributed by atoms with Gasteiger partial charge in [0, 0.05) is 6.42 Å². The Hall–Kier alpha value is -3.87. The SMILES string of the molecule is O=C(N[C@@H](Cc1cccc(C(F)(F)F)c1)C(=O)O)c1c2ccccc2cc2ccccc12. The summed E-state index contributed by atoms with van der Waals surface area (Å²) in [4.78, 5) is 25.1. The van der Waals surface area contributed by atoms with Crippen LogP contribution in [0.15, 0.2) is 78.9 Å². The lowest BCUT2D eigenvalue weighted by Crippen LogP contribution is -2.42. The molecule has 7 heteroatoms. The van der Waals surface area contributed by atoms with Gasteiger partial charge in [0.25, 0.3) is 5.91 Å². The lowest BCUT2D eigenvalue weighted by atomic mass is 9.95. The molecule has 4 aromatic rings. The minimum absolute atomic E-state index is 0.162. The van der Waals surface area contributed by atoms with Gasteiger partial charge < -0.3 is 10.4 Å². The van der Waals surface area contributed by atoms with Crippen molar-refractivity contribution >= 4 is 33.4 Å². The molecule has 162 valence electrons. The van der Waals surface area contributed by atoms with E-state index in [1.165, 1.54) is 12.1 Å². The molecule has 0 saturated heterocycles. The summed E-state index contributed by atoms with van der Waals surface area (Å²) in [6.07, 6.45) is -4.83. The molecule has 4 nitrogen and oxygen atoms in total. The number of hydrogen-bond acceptors (Lipinski definition) is 2. The van der Waals surface area contributed by atoms with E-state index in [4.69, 9.17) is 0 Å². The van der Waals surface area contributed by atoms with E-state index in [1.54, 1.807) is 24.3 Å². The summed E-state index contributed by atoms with van der Waals surface area (Å²) in [7, 11) is 0. The van der Waals surface area contributed by atoms with E-state index in [0.29, 0.717) is 16.3 Å². The van der Waals surface area contributed by atoms with Crippen LogP contribution in [-0.2, 0) is 17.4 Å². The average molecular weight is 437 g/mol. The number of fused-ring (bicyclic) bond motifs is 2. The van der Waals surface area contributed by atoms with Gasteiger partial charge in [-0.1, -0.05) is 66.7 Å². The number of carboxylic acid groups (broad SMARTS) is 1. The van der Waals surface area contributed by atoms with Crippen molar-refractivity contribution in [3.8, 4) is 0 Å². The minimum Gasteiger partial charge on any atom is -0.480 e. The van der Waals surface area contributed by atoms with Crippen molar-refractivity contribution in [2.45, 2.75) is 18.6 Å². The van der Waals surface area contributed by atoms with E-state index in [0.717, 1.165) is 22.9 Å². The molecule has 0 aromatic heterocycles. The molecule has 32 heavy (non-hydrogen) atoms. The molecule has 0 spiro atoms. The Morgan fingerprint density at radius 2 is 1.44 bits per heavy atom. The standard InChI is InChI=1S/C25H18F3NO3/c26-25(27,28)18-9-5-6-15(12-18)13-21(24(31)32)29-23(30)22-19-10-3-1-7-16(19)14-17-8-2-4-11-20(17)22/h1-12,14,21H,13H2,(H,29,30)(H,31,32)/t21-/m0/s1. The molecule has 0 heterocycles. The number of carbonyl (C=O) groups excluding carboxylic acids is 1. The predicted octanol–water partition coefficient (Wildman–Crippen LogP) is 5.44. The van der Waals surface area contributed by atoms with Gasteiger partial charge in [0.1, 0.15) is 6.04 Å². The summed E-state index contributed by atoms with van der Waals surface area (Å²) in [5.41, 5.74) is -0.380. The first kappa shape index (κ1) is 21.4. The molecule has 0 aliphatic carbocycles. The quantitative estimate of drug-likeness (QED) is 0.409. The van der Waals surface area contributed by atoms with E-state index in [9.17, 15) is 27.9 Å². The van der Waals surface area contributed by atoms with E-state index in [2.05, 4.69) is 5.32 Å². The molecular weight excluding hydrogens is 419 g/mol. The summed E-state index contributed by atoms with van der Waals surface area (Å²) >= 11 is 0. The molecule has 4 rings (SSSR count). The molecular formula is C25H18F3NO3. The molecule has 4 aromatic carbocycles. The minimum atomic E-state index is -4.54. The molecule has 0 saturated carbocycles. The Morgan fingerprint density at radius 1 is 0.844 bits per heavy atom. The highest BCUT2D eigenvalue weighted by molar-refractivity contribution is 6.18. The fraction of sp³-hybridized carbons (Fsp3) is 0.120. The molecule has 0 radical (unpaired) electrons.